The van der Waals surface area contributed by atoms with Crippen LogP contribution in [0.4, 0.5) is 0 Å². The molecule has 0 aliphatic heterocycles. The van der Waals surface area contributed by atoms with Crippen molar-refractivity contribution in [1.29, 1.82) is 0 Å². The minimum Gasteiger partial charge on any atom is -0.394 e. The molecule has 2 aromatic carbocycles. The van der Waals surface area contributed by atoms with Crippen molar-refractivity contribution in [3.63, 3.8) is 0 Å². The Morgan fingerprint density at radius 3 is 1.16 bits per heavy atom. The van der Waals surface area contributed by atoms with Crippen LogP contribution in [0.15, 0.2) is 60.7 Å². The van der Waals surface area contributed by atoms with Crippen molar-refractivity contribution in [2.45, 2.75) is 25.9 Å². The van der Waals surface area contributed by atoms with Crippen LogP contribution in [0.1, 0.15) is 13.8 Å². The first-order chi connectivity index (χ1) is 18.4. The Morgan fingerprint density at radius 1 is 0.526 bits per heavy atom. The van der Waals surface area contributed by atoms with Gasteiger partial charge in [0.1, 0.15) is 0 Å². The van der Waals surface area contributed by atoms with Gasteiger partial charge >= 0.3 is 17.1 Å². The third-order valence-corrected chi connectivity index (χ3v) is 29.3. The van der Waals surface area contributed by atoms with Crippen LogP contribution < -0.4 is 10.4 Å². The molecule has 0 aliphatic rings. The molecule has 0 radical (unpaired) electrons. The molecule has 0 bridgehead atoms. The summed E-state index contributed by atoms with van der Waals surface area (Å²) in [4.78, 5) is 0. The quantitative estimate of drug-likeness (QED) is 0.0709. The fraction of sp³-hybridized carbons (Fsp3) is 0.500. The number of hydrogen-bond acceptors (Lipinski definition) is 12. The topological polar surface area (TPSA) is 36.9 Å². The molecule has 0 aromatic heterocycles. The van der Waals surface area contributed by atoms with E-state index < -0.39 is 17.1 Å². The van der Waals surface area contributed by atoms with Crippen molar-refractivity contribution in [1.82, 2.24) is 0 Å². The monoisotopic (exact) mass is 702 g/mol. The van der Waals surface area contributed by atoms with E-state index in [4.69, 9.17) is 17.7 Å². The maximum atomic E-state index is 5.98. The second-order valence-corrected chi connectivity index (χ2v) is 28.4. The van der Waals surface area contributed by atoms with Crippen LogP contribution in [-0.2, 0) is 17.7 Å². The van der Waals surface area contributed by atoms with Gasteiger partial charge in [0.15, 0.2) is 0 Å². The predicted octanol–water partition coefficient (Wildman–Crippen LogP) is 8.81. The predicted molar refractivity (Wildman–Crippen MR) is 190 cm³/mol. The van der Waals surface area contributed by atoms with Gasteiger partial charge < -0.3 is 17.7 Å². The van der Waals surface area contributed by atoms with Crippen LogP contribution in [0.2, 0.25) is 12.1 Å². The minimum atomic E-state index is -2.38. The number of hydrogen-bond donors (Lipinski definition) is 0. The fourth-order valence-electron chi connectivity index (χ4n) is 4.00. The molecule has 0 N–H and O–H groups in total. The Morgan fingerprint density at radius 2 is 0.842 bits per heavy atom. The molecule has 2 unspecified atom stereocenters. The fourth-order valence-corrected chi connectivity index (χ4v) is 28.0. The molecule has 38 heavy (non-hydrogen) atoms. The van der Waals surface area contributed by atoms with Crippen molar-refractivity contribution >= 4 is 108 Å². The molecular weight excluding hydrogens is 665 g/mol. The summed E-state index contributed by atoms with van der Waals surface area (Å²) in [6, 6.07) is 22.7. The molecule has 0 spiro atoms. The van der Waals surface area contributed by atoms with Crippen molar-refractivity contribution < 1.29 is 17.7 Å². The highest BCUT2D eigenvalue weighted by atomic mass is 34.0. The SMILES string of the molecule is CO[Si](CC(C)CSSSSSSSSCC(C)C[Si](OC)(OC)c1ccccc1)(OC)c1ccccc1. The molecule has 0 amide bonds. The van der Waals surface area contributed by atoms with Crippen LogP contribution in [0.5, 0.6) is 0 Å². The summed E-state index contributed by atoms with van der Waals surface area (Å²) in [5, 5.41) is 2.40. The van der Waals surface area contributed by atoms with Gasteiger partial charge in [0, 0.05) is 39.9 Å². The molecule has 2 rings (SSSR count). The third-order valence-electron chi connectivity index (χ3n) is 5.92. The van der Waals surface area contributed by atoms with E-state index in [0.717, 1.165) is 23.6 Å². The van der Waals surface area contributed by atoms with Crippen LogP contribution in [-0.4, -0.2) is 57.1 Å². The van der Waals surface area contributed by atoms with E-state index in [9.17, 15) is 0 Å². The highest BCUT2D eigenvalue weighted by molar-refractivity contribution is 9.48. The lowest BCUT2D eigenvalue weighted by Crippen LogP contribution is -2.53. The van der Waals surface area contributed by atoms with E-state index in [1.807, 2.05) is 92.7 Å². The second kappa shape index (κ2) is 20.4. The van der Waals surface area contributed by atoms with Gasteiger partial charge in [-0.15, -0.1) is 0 Å². The Labute approximate surface area is 261 Å². The van der Waals surface area contributed by atoms with E-state index >= 15 is 0 Å². The summed E-state index contributed by atoms with van der Waals surface area (Å²) >= 11 is 0. The van der Waals surface area contributed by atoms with Gasteiger partial charge in [-0.1, -0.05) is 96.1 Å². The third kappa shape index (κ3) is 12.0. The van der Waals surface area contributed by atoms with E-state index in [1.54, 1.807) is 28.4 Å². The first kappa shape index (κ1) is 35.7. The van der Waals surface area contributed by atoms with Crippen molar-refractivity contribution in [3.8, 4) is 0 Å². The summed E-state index contributed by atoms with van der Waals surface area (Å²) < 4.78 is 23.9. The Balaban J connectivity index is 1.56. The average molecular weight is 703 g/mol. The number of benzene rings is 2. The van der Waals surface area contributed by atoms with E-state index in [-0.39, 0.29) is 0 Å². The maximum absolute atomic E-state index is 5.98. The van der Waals surface area contributed by atoms with Gasteiger partial charge in [-0.2, -0.15) is 0 Å². The standard InChI is InChI=1S/C24H38O4S8Si2/c1-21(19-37(25-3,26-4)23-13-9-7-10-14-23)17-29-31-33-35-36-34-32-30-18-22(2)20-38(27-5,28-6)24-15-11-8-12-16-24/h7-16,21-22H,17-20H2,1-6H3. The molecule has 4 nitrogen and oxygen atoms in total. The van der Waals surface area contributed by atoms with Gasteiger partial charge in [-0.3, -0.25) is 0 Å². The van der Waals surface area contributed by atoms with Gasteiger partial charge in [0.05, 0.1) is 0 Å². The summed E-state index contributed by atoms with van der Waals surface area (Å²) in [5.41, 5.74) is 0. The molecule has 0 saturated carbocycles. The van der Waals surface area contributed by atoms with Crippen molar-refractivity contribution in [2.75, 3.05) is 39.9 Å². The Kier molecular flexibility index (Phi) is 19.2. The lowest BCUT2D eigenvalue weighted by Gasteiger charge is -2.30. The van der Waals surface area contributed by atoms with E-state index in [2.05, 4.69) is 62.4 Å². The highest BCUT2D eigenvalue weighted by Gasteiger charge is 2.40. The first-order valence-electron chi connectivity index (χ1n) is 12.0. The normalized spacial score (nSPS) is 13.9. The zero-order chi connectivity index (χ0) is 27.7. The van der Waals surface area contributed by atoms with E-state index in [0.29, 0.717) is 11.8 Å². The molecule has 0 aliphatic carbocycles. The number of rotatable bonds is 21. The molecule has 0 saturated heterocycles. The van der Waals surface area contributed by atoms with Gasteiger partial charge in [-0.05, 0) is 93.3 Å². The van der Waals surface area contributed by atoms with Gasteiger partial charge in [-0.25, -0.2) is 0 Å². The molecule has 2 atom stereocenters. The second-order valence-electron chi connectivity index (χ2n) is 8.65. The minimum absolute atomic E-state index is 0.515. The molecule has 14 heteroatoms. The van der Waals surface area contributed by atoms with Crippen LogP contribution in [0.25, 0.3) is 0 Å². The van der Waals surface area contributed by atoms with Crippen molar-refractivity contribution in [3.05, 3.63) is 60.7 Å². The molecular formula is C24H38O4S8Si2. The summed E-state index contributed by atoms with van der Waals surface area (Å²) in [6.07, 6.45) is 0. The zero-order valence-electron chi connectivity index (χ0n) is 22.7. The average Bonchev–Trinajstić information content (AvgIpc) is 2.96. The van der Waals surface area contributed by atoms with Crippen LogP contribution in [0, 0.1) is 11.8 Å². The van der Waals surface area contributed by atoms with Crippen LogP contribution in [0.3, 0.4) is 0 Å². The lowest BCUT2D eigenvalue weighted by molar-refractivity contribution is 0.252. The molecule has 2 aromatic rings. The highest BCUT2D eigenvalue weighted by Crippen LogP contribution is 2.57. The smallest absolute Gasteiger partial charge is 0.372 e. The molecule has 0 fully saturated rings. The van der Waals surface area contributed by atoms with Gasteiger partial charge in [0.2, 0.25) is 0 Å². The largest absolute Gasteiger partial charge is 0.394 e. The summed E-state index contributed by atoms with van der Waals surface area (Å²) in [7, 11) is 17.2. The molecule has 0 heterocycles. The van der Waals surface area contributed by atoms with Gasteiger partial charge in [0.25, 0.3) is 0 Å². The van der Waals surface area contributed by atoms with Crippen LogP contribution >= 0.6 is 80.5 Å². The maximum Gasteiger partial charge on any atom is 0.372 e. The first-order valence-corrected chi connectivity index (χ1v) is 26.5. The zero-order valence-corrected chi connectivity index (χ0v) is 31.2. The Bertz CT molecular complexity index is 796. The summed E-state index contributed by atoms with van der Waals surface area (Å²) in [6.45, 7) is 4.58. The summed E-state index contributed by atoms with van der Waals surface area (Å²) in [5.74, 6) is 3.18. The lowest BCUT2D eigenvalue weighted by atomic mass is 10.3. The van der Waals surface area contributed by atoms with E-state index in [1.165, 1.54) is 10.4 Å². The molecule has 214 valence electrons. The van der Waals surface area contributed by atoms with Crippen molar-refractivity contribution in [2.24, 2.45) is 11.8 Å². The Hall–Kier alpha value is 1.51.